The minimum absolute atomic E-state index is 0.271. The molecule has 5 nitrogen and oxygen atoms in total. The summed E-state index contributed by atoms with van der Waals surface area (Å²) < 4.78 is 5.59. The van der Waals surface area contributed by atoms with E-state index in [0.29, 0.717) is 18.5 Å². The molecule has 2 aromatic carbocycles. The Kier molecular flexibility index (Phi) is 6.05. The van der Waals surface area contributed by atoms with Gasteiger partial charge in [0.1, 0.15) is 0 Å². The lowest BCUT2D eigenvalue weighted by molar-refractivity contribution is -0.140. The number of para-hydroxylation sites is 1. The minimum Gasteiger partial charge on any atom is -0.381 e. The minimum atomic E-state index is 0.271. The highest BCUT2D eigenvalue weighted by atomic mass is 16.5. The van der Waals surface area contributed by atoms with Crippen LogP contribution in [-0.2, 0) is 22.5 Å². The second-order valence-electron chi connectivity index (χ2n) is 8.81. The Hall–Kier alpha value is -2.63. The van der Waals surface area contributed by atoms with Gasteiger partial charge in [-0.3, -0.25) is 9.69 Å². The maximum absolute atomic E-state index is 12.8. The van der Waals surface area contributed by atoms with Gasteiger partial charge in [-0.25, -0.2) is 0 Å². The van der Waals surface area contributed by atoms with Crippen LogP contribution in [0, 0.1) is 0 Å². The number of ether oxygens (including phenoxy) is 1. The largest absolute Gasteiger partial charge is 0.381 e. The number of nitrogens with zero attached hydrogens (tertiary/aromatic N) is 2. The van der Waals surface area contributed by atoms with E-state index in [1.807, 2.05) is 17.2 Å². The number of H-pyrrole nitrogens is 1. The van der Waals surface area contributed by atoms with E-state index in [-0.39, 0.29) is 5.91 Å². The van der Waals surface area contributed by atoms with E-state index in [2.05, 4.69) is 58.4 Å². The SMILES string of the molecule is O=C(CCc1c[nH]c2ccccc12)N1CC(N(Cc2ccccc2)C2CCOCC2)C1. The number of carbonyl (C=O) groups excluding carboxylic acids is 1. The number of amides is 1. The van der Waals surface area contributed by atoms with Crippen molar-refractivity contribution in [3.05, 3.63) is 71.9 Å². The second-order valence-corrected chi connectivity index (χ2v) is 8.81. The Labute approximate surface area is 184 Å². The molecule has 31 heavy (non-hydrogen) atoms. The quantitative estimate of drug-likeness (QED) is 0.632. The number of likely N-dealkylation sites (tertiary alicyclic amines) is 1. The number of aryl methyl sites for hydroxylation is 1. The average molecular weight is 418 g/mol. The molecule has 2 fully saturated rings. The predicted molar refractivity (Wildman–Crippen MR) is 123 cm³/mol. The van der Waals surface area contributed by atoms with Crippen LogP contribution < -0.4 is 0 Å². The van der Waals surface area contributed by atoms with Gasteiger partial charge in [0, 0.05) is 68.5 Å². The number of aromatic nitrogens is 1. The van der Waals surface area contributed by atoms with Gasteiger partial charge in [-0.15, -0.1) is 0 Å². The number of nitrogens with one attached hydrogen (secondary N) is 1. The van der Waals surface area contributed by atoms with Crippen LogP contribution in [0.15, 0.2) is 60.8 Å². The van der Waals surface area contributed by atoms with Crippen molar-refractivity contribution in [3.63, 3.8) is 0 Å². The van der Waals surface area contributed by atoms with Crippen molar-refractivity contribution in [3.8, 4) is 0 Å². The van der Waals surface area contributed by atoms with E-state index < -0.39 is 0 Å². The van der Waals surface area contributed by atoms with Gasteiger partial charge in [0.25, 0.3) is 0 Å². The number of carbonyl (C=O) groups is 1. The Bertz CT molecular complexity index is 1000. The molecule has 3 heterocycles. The van der Waals surface area contributed by atoms with Crippen LogP contribution in [0.5, 0.6) is 0 Å². The van der Waals surface area contributed by atoms with Gasteiger partial charge in [-0.05, 0) is 36.5 Å². The smallest absolute Gasteiger partial charge is 0.223 e. The molecule has 1 amide bonds. The molecule has 0 spiro atoms. The number of hydrogen-bond acceptors (Lipinski definition) is 3. The summed E-state index contributed by atoms with van der Waals surface area (Å²) in [6.07, 6.45) is 5.57. The first-order chi connectivity index (χ1) is 15.3. The molecule has 1 aromatic heterocycles. The molecular weight excluding hydrogens is 386 g/mol. The predicted octanol–water partition coefficient (Wildman–Crippen LogP) is 3.99. The lowest BCUT2D eigenvalue weighted by Crippen LogP contribution is -2.63. The van der Waals surface area contributed by atoms with Gasteiger partial charge in [0.2, 0.25) is 5.91 Å². The number of hydrogen-bond donors (Lipinski definition) is 1. The maximum Gasteiger partial charge on any atom is 0.223 e. The molecule has 1 N–H and O–H groups in total. The van der Waals surface area contributed by atoms with E-state index in [0.717, 1.165) is 57.6 Å². The fourth-order valence-corrected chi connectivity index (χ4v) is 4.97. The molecule has 5 heteroatoms. The van der Waals surface area contributed by atoms with Crippen LogP contribution in [0.2, 0.25) is 0 Å². The van der Waals surface area contributed by atoms with E-state index in [4.69, 9.17) is 4.74 Å². The number of rotatable bonds is 7. The highest BCUT2D eigenvalue weighted by molar-refractivity contribution is 5.84. The van der Waals surface area contributed by atoms with Crippen LogP contribution in [0.4, 0.5) is 0 Å². The van der Waals surface area contributed by atoms with Crippen molar-refractivity contribution in [2.45, 2.75) is 44.3 Å². The maximum atomic E-state index is 12.8. The molecule has 0 saturated carbocycles. The summed E-state index contributed by atoms with van der Waals surface area (Å²) in [4.78, 5) is 20.8. The molecule has 162 valence electrons. The topological polar surface area (TPSA) is 48.6 Å². The van der Waals surface area contributed by atoms with Gasteiger partial charge in [0.15, 0.2) is 0 Å². The molecule has 2 aliphatic rings. The Morgan fingerprint density at radius 1 is 1.00 bits per heavy atom. The Balaban J connectivity index is 1.18. The van der Waals surface area contributed by atoms with Gasteiger partial charge >= 0.3 is 0 Å². The van der Waals surface area contributed by atoms with Crippen molar-refractivity contribution in [1.29, 1.82) is 0 Å². The molecule has 2 aliphatic heterocycles. The fourth-order valence-electron chi connectivity index (χ4n) is 4.97. The summed E-state index contributed by atoms with van der Waals surface area (Å²) in [6.45, 7) is 4.33. The van der Waals surface area contributed by atoms with Crippen molar-refractivity contribution >= 4 is 16.8 Å². The van der Waals surface area contributed by atoms with Crippen LogP contribution in [-0.4, -0.2) is 59.1 Å². The lowest BCUT2D eigenvalue weighted by Gasteiger charge is -2.49. The van der Waals surface area contributed by atoms with Crippen LogP contribution >= 0.6 is 0 Å². The summed E-state index contributed by atoms with van der Waals surface area (Å²) in [5, 5.41) is 1.23. The van der Waals surface area contributed by atoms with Gasteiger partial charge in [0.05, 0.1) is 0 Å². The number of benzene rings is 2. The highest BCUT2D eigenvalue weighted by Gasteiger charge is 2.38. The molecule has 3 aromatic rings. The third kappa shape index (κ3) is 4.53. The van der Waals surface area contributed by atoms with Crippen LogP contribution in [0.3, 0.4) is 0 Å². The van der Waals surface area contributed by atoms with Crippen molar-refractivity contribution in [2.24, 2.45) is 0 Å². The van der Waals surface area contributed by atoms with Gasteiger partial charge in [-0.1, -0.05) is 48.5 Å². The molecule has 5 rings (SSSR count). The van der Waals surface area contributed by atoms with E-state index in [1.54, 1.807) is 0 Å². The monoisotopic (exact) mass is 417 g/mol. The third-order valence-corrected chi connectivity index (χ3v) is 6.83. The first kappa shape index (κ1) is 20.3. The molecule has 0 unspecified atom stereocenters. The van der Waals surface area contributed by atoms with E-state index in [1.165, 1.54) is 16.5 Å². The van der Waals surface area contributed by atoms with Crippen molar-refractivity contribution in [1.82, 2.24) is 14.8 Å². The molecule has 0 aliphatic carbocycles. The molecule has 0 bridgehead atoms. The zero-order chi connectivity index (χ0) is 21.0. The molecular formula is C26H31N3O2. The van der Waals surface area contributed by atoms with Gasteiger partial charge in [-0.2, -0.15) is 0 Å². The summed E-state index contributed by atoms with van der Waals surface area (Å²) in [5.41, 5.74) is 3.72. The summed E-state index contributed by atoms with van der Waals surface area (Å²) in [5.74, 6) is 0.271. The zero-order valence-corrected chi connectivity index (χ0v) is 18.0. The molecule has 2 saturated heterocycles. The second kappa shape index (κ2) is 9.25. The van der Waals surface area contributed by atoms with E-state index >= 15 is 0 Å². The third-order valence-electron chi connectivity index (χ3n) is 6.83. The normalized spacial score (nSPS) is 17.9. The molecule has 0 atom stereocenters. The first-order valence-corrected chi connectivity index (χ1v) is 11.5. The number of aromatic amines is 1. The zero-order valence-electron chi connectivity index (χ0n) is 18.0. The van der Waals surface area contributed by atoms with Crippen LogP contribution in [0.1, 0.15) is 30.4 Å². The summed E-state index contributed by atoms with van der Waals surface area (Å²) >= 11 is 0. The first-order valence-electron chi connectivity index (χ1n) is 11.5. The Morgan fingerprint density at radius 2 is 1.74 bits per heavy atom. The summed E-state index contributed by atoms with van der Waals surface area (Å²) in [6, 6.07) is 20.0. The lowest BCUT2D eigenvalue weighted by atomic mass is 9.98. The fraction of sp³-hybridized carbons (Fsp3) is 0.423. The van der Waals surface area contributed by atoms with Gasteiger partial charge < -0.3 is 14.6 Å². The number of fused-ring (bicyclic) bond motifs is 1. The van der Waals surface area contributed by atoms with E-state index in [9.17, 15) is 4.79 Å². The van der Waals surface area contributed by atoms with Crippen LogP contribution in [0.25, 0.3) is 10.9 Å². The van der Waals surface area contributed by atoms with Crippen molar-refractivity contribution in [2.75, 3.05) is 26.3 Å². The van der Waals surface area contributed by atoms with Crippen molar-refractivity contribution < 1.29 is 9.53 Å². The highest BCUT2D eigenvalue weighted by Crippen LogP contribution is 2.26. The Morgan fingerprint density at radius 3 is 2.55 bits per heavy atom. The average Bonchev–Trinajstić information content (AvgIpc) is 3.20. The standard InChI is InChI=1S/C26H31N3O2/c30-26(11-10-21-16-27-25-9-5-4-8-24(21)25)28-18-23(19-28)29(22-12-14-31-15-13-22)17-20-6-2-1-3-7-20/h1-9,16,22-23,27H,10-15,17-19H2. The summed E-state index contributed by atoms with van der Waals surface area (Å²) in [7, 11) is 0. The molecule has 0 radical (unpaired) electrons.